The highest BCUT2D eigenvalue weighted by Crippen LogP contribution is 2.39. The largest absolute Gasteiger partial charge is 0.486 e. The number of hydrogen-bond donors (Lipinski definition) is 2. The summed E-state index contributed by atoms with van der Waals surface area (Å²) in [4.78, 5) is 27.3. The Hall–Kier alpha value is -3.37. The van der Waals surface area contributed by atoms with Gasteiger partial charge in [0.2, 0.25) is 0 Å². The van der Waals surface area contributed by atoms with Crippen LogP contribution in [0.4, 0.5) is 5.00 Å². The van der Waals surface area contributed by atoms with Crippen LogP contribution in [0.2, 0.25) is 0 Å². The Morgan fingerprint density at radius 3 is 2.77 bits per heavy atom. The Kier molecular flexibility index (Phi) is 5.91. The molecule has 2 amide bonds. The second-order valence-corrected chi connectivity index (χ2v) is 9.90. The molecule has 2 N–H and O–H groups in total. The molecule has 1 atom stereocenters. The number of nitrogens with one attached hydrogen (secondary N) is 2. The molecule has 0 saturated carbocycles. The second-order valence-electron chi connectivity index (χ2n) is 8.80. The zero-order valence-electron chi connectivity index (χ0n) is 19.1. The van der Waals surface area contributed by atoms with E-state index in [1.807, 2.05) is 6.07 Å². The van der Waals surface area contributed by atoms with Gasteiger partial charge in [0, 0.05) is 29.7 Å². The summed E-state index contributed by atoms with van der Waals surface area (Å²) in [6, 6.07) is 7.02. The van der Waals surface area contributed by atoms with Crippen molar-refractivity contribution in [2.24, 2.45) is 0 Å². The number of rotatable bonds is 6. The lowest BCUT2D eigenvalue weighted by molar-refractivity contribution is 0.0858. The number of amides is 2. The fourth-order valence-corrected chi connectivity index (χ4v) is 6.00. The van der Waals surface area contributed by atoms with E-state index in [2.05, 4.69) is 15.8 Å². The van der Waals surface area contributed by atoms with Gasteiger partial charge < -0.3 is 29.4 Å². The van der Waals surface area contributed by atoms with Gasteiger partial charge in [-0.15, -0.1) is 11.3 Å². The summed E-state index contributed by atoms with van der Waals surface area (Å²) >= 11 is 1.46. The number of ether oxygens (including phenoxy) is 3. The predicted molar refractivity (Wildman–Crippen MR) is 129 cm³/mol. The smallest absolute Gasteiger partial charge is 0.278 e. The number of fused-ring (bicyclic) bond motifs is 2. The molecule has 1 saturated heterocycles. The summed E-state index contributed by atoms with van der Waals surface area (Å²) in [5, 5.41) is 10.4. The van der Waals surface area contributed by atoms with E-state index in [0.29, 0.717) is 47.6 Å². The minimum absolute atomic E-state index is 0.0535. The van der Waals surface area contributed by atoms with E-state index >= 15 is 0 Å². The SMILES string of the molecule is O=C(Nc1sc2c(c1C(=O)NC[C@H]1CCCO1)CCC2)c1cc(-c2ccc3c(c2)OCCO3)on1. The molecule has 0 unspecified atom stereocenters. The van der Waals surface area contributed by atoms with Crippen LogP contribution in [0.15, 0.2) is 28.8 Å². The monoisotopic (exact) mass is 495 g/mol. The Labute approximate surface area is 205 Å². The maximum Gasteiger partial charge on any atom is 0.278 e. The Bertz CT molecular complexity index is 1280. The van der Waals surface area contributed by atoms with Crippen LogP contribution in [-0.4, -0.2) is 49.4 Å². The van der Waals surface area contributed by atoms with Crippen LogP contribution >= 0.6 is 11.3 Å². The van der Waals surface area contributed by atoms with Crippen LogP contribution in [0.1, 0.15) is 50.5 Å². The summed E-state index contributed by atoms with van der Waals surface area (Å²) in [5.41, 5.74) is 2.45. The van der Waals surface area contributed by atoms with Crippen molar-refractivity contribution in [3.63, 3.8) is 0 Å². The van der Waals surface area contributed by atoms with Gasteiger partial charge >= 0.3 is 0 Å². The number of aryl methyl sites for hydroxylation is 1. The topological polar surface area (TPSA) is 112 Å². The van der Waals surface area contributed by atoms with E-state index in [-0.39, 0.29) is 17.7 Å². The highest BCUT2D eigenvalue weighted by molar-refractivity contribution is 7.17. The van der Waals surface area contributed by atoms with Crippen molar-refractivity contribution < 1.29 is 28.3 Å². The fourth-order valence-electron chi connectivity index (χ4n) is 4.71. The van der Waals surface area contributed by atoms with E-state index in [9.17, 15) is 9.59 Å². The molecule has 1 aliphatic carbocycles. The molecule has 3 aliphatic rings. The highest BCUT2D eigenvalue weighted by atomic mass is 32.1. The maximum atomic E-state index is 13.1. The van der Waals surface area contributed by atoms with Crippen molar-refractivity contribution in [1.82, 2.24) is 10.5 Å². The maximum absolute atomic E-state index is 13.1. The molecule has 10 heteroatoms. The van der Waals surface area contributed by atoms with Crippen molar-refractivity contribution in [3.05, 3.63) is 46.0 Å². The number of aromatic nitrogens is 1. The third-order valence-corrected chi connectivity index (χ3v) is 7.67. The van der Waals surface area contributed by atoms with Crippen LogP contribution in [0, 0.1) is 0 Å². The number of carbonyl (C=O) groups excluding carboxylic acids is 2. The Morgan fingerprint density at radius 2 is 1.91 bits per heavy atom. The minimum atomic E-state index is -0.425. The molecule has 2 aromatic heterocycles. The molecule has 0 spiro atoms. The third kappa shape index (κ3) is 4.39. The van der Waals surface area contributed by atoms with Gasteiger partial charge in [0.1, 0.15) is 18.2 Å². The highest BCUT2D eigenvalue weighted by Gasteiger charge is 2.29. The third-order valence-electron chi connectivity index (χ3n) is 6.46. The number of carbonyl (C=O) groups is 2. The molecule has 6 rings (SSSR count). The predicted octanol–water partition coefficient (Wildman–Crippen LogP) is 3.82. The molecular formula is C25H25N3O6S. The summed E-state index contributed by atoms with van der Waals surface area (Å²) in [6.07, 6.45) is 4.79. The quantitative estimate of drug-likeness (QED) is 0.535. The van der Waals surface area contributed by atoms with Gasteiger partial charge in [-0.2, -0.15) is 0 Å². The first-order valence-corrected chi connectivity index (χ1v) is 12.7. The lowest BCUT2D eigenvalue weighted by Crippen LogP contribution is -2.32. The van der Waals surface area contributed by atoms with Crippen molar-refractivity contribution >= 4 is 28.2 Å². The zero-order valence-corrected chi connectivity index (χ0v) is 19.9. The van der Waals surface area contributed by atoms with Crippen LogP contribution in [0.25, 0.3) is 11.3 Å². The molecule has 9 nitrogen and oxygen atoms in total. The molecule has 2 aliphatic heterocycles. The molecule has 35 heavy (non-hydrogen) atoms. The second kappa shape index (κ2) is 9.35. The first-order chi connectivity index (χ1) is 17.2. The molecule has 0 radical (unpaired) electrons. The van der Waals surface area contributed by atoms with E-state index in [0.717, 1.165) is 54.7 Å². The van der Waals surface area contributed by atoms with E-state index in [4.69, 9.17) is 18.7 Å². The van der Waals surface area contributed by atoms with Crippen LogP contribution in [0.5, 0.6) is 11.5 Å². The minimum Gasteiger partial charge on any atom is -0.486 e. The van der Waals surface area contributed by atoms with Gasteiger partial charge in [0.25, 0.3) is 11.8 Å². The van der Waals surface area contributed by atoms with Crippen molar-refractivity contribution in [3.8, 4) is 22.8 Å². The van der Waals surface area contributed by atoms with Crippen LogP contribution < -0.4 is 20.1 Å². The van der Waals surface area contributed by atoms with Crippen molar-refractivity contribution in [2.45, 2.75) is 38.2 Å². The first-order valence-electron chi connectivity index (χ1n) is 11.9. The van der Waals surface area contributed by atoms with Gasteiger partial charge in [-0.05, 0) is 55.9 Å². The van der Waals surface area contributed by atoms with Crippen LogP contribution in [-0.2, 0) is 17.6 Å². The fraction of sp³-hybridized carbons (Fsp3) is 0.400. The van der Waals surface area contributed by atoms with Gasteiger partial charge in [-0.25, -0.2) is 0 Å². The number of nitrogens with zero attached hydrogens (tertiary/aromatic N) is 1. The molecule has 1 fully saturated rings. The summed E-state index contributed by atoms with van der Waals surface area (Å²) in [7, 11) is 0. The zero-order chi connectivity index (χ0) is 23.8. The van der Waals surface area contributed by atoms with Crippen molar-refractivity contribution in [1.29, 1.82) is 0 Å². The molecule has 182 valence electrons. The van der Waals surface area contributed by atoms with Gasteiger partial charge in [-0.3, -0.25) is 9.59 Å². The molecule has 3 aromatic rings. The van der Waals surface area contributed by atoms with Gasteiger partial charge in [-0.1, -0.05) is 5.16 Å². The standard InChI is InChI=1S/C25H25N3O6S/c29-23(17-12-19(34-28-17)14-6-7-18-20(11-14)33-10-9-32-18)27-25-22(16-4-1-5-21(16)35-25)24(30)26-13-15-3-2-8-31-15/h6-7,11-12,15H,1-5,8-10,13H2,(H,26,30)(H,27,29)/t15-/m1/s1. The van der Waals surface area contributed by atoms with E-state index < -0.39 is 5.91 Å². The Balaban J connectivity index is 1.19. The number of hydrogen-bond acceptors (Lipinski definition) is 8. The molecule has 4 heterocycles. The molecule has 0 bridgehead atoms. The van der Waals surface area contributed by atoms with Crippen molar-refractivity contribution in [2.75, 3.05) is 31.7 Å². The summed E-state index contributed by atoms with van der Waals surface area (Å²) in [6.45, 7) is 2.20. The number of thiophene rings is 1. The van der Waals surface area contributed by atoms with Gasteiger partial charge in [0.15, 0.2) is 23.0 Å². The Morgan fingerprint density at radius 1 is 1.03 bits per heavy atom. The normalized spacial score (nSPS) is 18.3. The average molecular weight is 496 g/mol. The average Bonchev–Trinajstić information content (AvgIpc) is 3.67. The lowest BCUT2D eigenvalue weighted by Gasteiger charge is -2.18. The first kappa shape index (κ1) is 22.1. The number of benzene rings is 1. The van der Waals surface area contributed by atoms with Gasteiger partial charge in [0.05, 0.1) is 11.7 Å². The molecular weight excluding hydrogens is 470 g/mol. The van der Waals surface area contributed by atoms with Crippen LogP contribution in [0.3, 0.4) is 0 Å². The molecule has 1 aromatic carbocycles. The number of anilines is 1. The summed E-state index contributed by atoms with van der Waals surface area (Å²) < 4.78 is 22.2. The van der Waals surface area contributed by atoms with E-state index in [1.54, 1.807) is 18.2 Å². The lowest BCUT2D eigenvalue weighted by atomic mass is 10.1. The summed E-state index contributed by atoms with van der Waals surface area (Å²) in [5.74, 6) is 1.14. The van der Waals surface area contributed by atoms with E-state index in [1.165, 1.54) is 11.3 Å².